The van der Waals surface area contributed by atoms with E-state index in [1.807, 2.05) is 24.3 Å². The van der Waals surface area contributed by atoms with Crippen molar-refractivity contribution >= 4 is 17.5 Å². The molecule has 0 saturated heterocycles. The molecule has 2 amide bonds. The summed E-state index contributed by atoms with van der Waals surface area (Å²) in [5, 5.41) is 5.95. The minimum Gasteiger partial charge on any atom is -0.355 e. The molecule has 23 heavy (non-hydrogen) atoms. The van der Waals surface area contributed by atoms with Crippen LogP contribution in [-0.2, 0) is 15.0 Å². The fourth-order valence-electron chi connectivity index (χ4n) is 3.65. The van der Waals surface area contributed by atoms with E-state index in [2.05, 4.69) is 10.6 Å². The number of amides is 2. The van der Waals surface area contributed by atoms with Crippen molar-refractivity contribution in [1.29, 1.82) is 0 Å². The average Bonchev–Trinajstić information content (AvgIpc) is 3.35. The molecule has 1 aromatic rings. The number of nitrogens with one attached hydrogen (secondary N) is 2. The molecule has 0 spiro atoms. The van der Waals surface area contributed by atoms with Gasteiger partial charge >= 0.3 is 0 Å². The smallest absolute Gasteiger partial charge is 0.230 e. The van der Waals surface area contributed by atoms with Gasteiger partial charge in [0.15, 0.2) is 0 Å². The minimum absolute atomic E-state index is 0.0795. The molecular formula is C19H26N2O2. The Morgan fingerprint density at radius 2 is 1.74 bits per heavy atom. The Bertz CT molecular complexity index is 570. The molecule has 4 heteroatoms. The number of hydrogen-bond donors (Lipinski definition) is 2. The van der Waals surface area contributed by atoms with Gasteiger partial charge in [-0.15, -0.1) is 0 Å². The van der Waals surface area contributed by atoms with E-state index >= 15 is 0 Å². The predicted octanol–water partition coefficient (Wildman–Crippen LogP) is 3.37. The van der Waals surface area contributed by atoms with Crippen molar-refractivity contribution in [2.24, 2.45) is 5.92 Å². The zero-order valence-corrected chi connectivity index (χ0v) is 13.9. The molecular weight excluding hydrogens is 288 g/mol. The quantitative estimate of drug-likeness (QED) is 0.875. The lowest BCUT2D eigenvalue weighted by Gasteiger charge is -2.23. The van der Waals surface area contributed by atoms with Gasteiger partial charge in [-0.3, -0.25) is 9.59 Å². The largest absolute Gasteiger partial charge is 0.355 e. The molecule has 0 unspecified atom stereocenters. The minimum atomic E-state index is -0.330. The number of benzene rings is 1. The number of carbonyl (C=O) groups excluding carboxylic acids is 2. The molecule has 1 aromatic carbocycles. The van der Waals surface area contributed by atoms with E-state index in [1.54, 1.807) is 0 Å². The summed E-state index contributed by atoms with van der Waals surface area (Å²) in [5.41, 5.74) is 1.51. The van der Waals surface area contributed by atoms with Gasteiger partial charge in [0.1, 0.15) is 0 Å². The second-order valence-electron chi connectivity index (χ2n) is 7.05. The Hall–Kier alpha value is -1.84. The SMILES string of the molecule is CC(=O)Nc1ccc(C2(C(=O)NCC3CCCCC3)CC2)cc1. The predicted molar refractivity (Wildman–Crippen MR) is 91.2 cm³/mol. The summed E-state index contributed by atoms with van der Waals surface area (Å²) in [6, 6.07) is 7.70. The van der Waals surface area contributed by atoms with Crippen molar-refractivity contribution < 1.29 is 9.59 Å². The highest BCUT2D eigenvalue weighted by Crippen LogP contribution is 2.48. The van der Waals surface area contributed by atoms with E-state index in [4.69, 9.17) is 0 Å². The summed E-state index contributed by atoms with van der Waals surface area (Å²) in [5.74, 6) is 0.755. The first-order valence-corrected chi connectivity index (χ1v) is 8.77. The molecule has 2 aliphatic rings. The molecule has 0 aliphatic heterocycles. The molecule has 2 aliphatic carbocycles. The second-order valence-corrected chi connectivity index (χ2v) is 7.05. The number of hydrogen-bond acceptors (Lipinski definition) is 2. The zero-order chi connectivity index (χ0) is 16.3. The number of carbonyl (C=O) groups is 2. The van der Waals surface area contributed by atoms with Crippen LogP contribution in [0.1, 0.15) is 57.4 Å². The maximum atomic E-state index is 12.7. The molecule has 4 nitrogen and oxygen atoms in total. The lowest BCUT2D eigenvalue weighted by molar-refractivity contribution is -0.123. The summed E-state index contributed by atoms with van der Waals surface area (Å²) in [6.07, 6.45) is 8.28. The first-order chi connectivity index (χ1) is 11.1. The second kappa shape index (κ2) is 6.73. The fourth-order valence-corrected chi connectivity index (χ4v) is 3.65. The lowest BCUT2D eigenvalue weighted by Crippen LogP contribution is -2.38. The molecule has 0 bridgehead atoms. The highest BCUT2D eigenvalue weighted by molar-refractivity contribution is 5.92. The van der Waals surface area contributed by atoms with Gasteiger partial charge in [0.05, 0.1) is 5.41 Å². The van der Waals surface area contributed by atoms with E-state index in [1.165, 1.54) is 39.0 Å². The molecule has 0 radical (unpaired) electrons. The molecule has 2 fully saturated rings. The van der Waals surface area contributed by atoms with E-state index in [0.29, 0.717) is 5.92 Å². The lowest BCUT2D eigenvalue weighted by atomic mass is 9.88. The van der Waals surface area contributed by atoms with Crippen LogP contribution in [0.5, 0.6) is 0 Å². The molecule has 2 N–H and O–H groups in total. The van der Waals surface area contributed by atoms with Crippen LogP contribution in [-0.4, -0.2) is 18.4 Å². The van der Waals surface area contributed by atoms with Crippen molar-refractivity contribution in [1.82, 2.24) is 5.32 Å². The Balaban J connectivity index is 1.59. The molecule has 0 aromatic heterocycles. The van der Waals surface area contributed by atoms with Crippen molar-refractivity contribution in [2.75, 3.05) is 11.9 Å². The molecule has 0 heterocycles. The van der Waals surface area contributed by atoms with Crippen molar-refractivity contribution in [2.45, 2.75) is 57.3 Å². The van der Waals surface area contributed by atoms with Crippen LogP contribution in [0.4, 0.5) is 5.69 Å². The standard InChI is InChI=1S/C19H26N2O2/c1-14(22)21-17-9-7-16(8-10-17)19(11-12-19)18(23)20-13-15-5-3-2-4-6-15/h7-10,15H,2-6,11-13H2,1H3,(H,20,23)(H,21,22). The number of rotatable bonds is 5. The van der Waals surface area contributed by atoms with E-state index in [9.17, 15) is 9.59 Å². The van der Waals surface area contributed by atoms with Gasteiger partial charge < -0.3 is 10.6 Å². The Morgan fingerprint density at radius 1 is 1.09 bits per heavy atom. The monoisotopic (exact) mass is 314 g/mol. The van der Waals surface area contributed by atoms with Gasteiger partial charge in [0.25, 0.3) is 0 Å². The van der Waals surface area contributed by atoms with Crippen LogP contribution in [0, 0.1) is 5.92 Å². The maximum absolute atomic E-state index is 12.7. The topological polar surface area (TPSA) is 58.2 Å². The van der Waals surface area contributed by atoms with Crippen LogP contribution in [0.25, 0.3) is 0 Å². The highest BCUT2D eigenvalue weighted by atomic mass is 16.2. The third-order valence-corrected chi connectivity index (χ3v) is 5.22. The van der Waals surface area contributed by atoms with E-state index in [-0.39, 0.29) is 17.2 Å². The summed E-state index contributed by atoms with van der Waals surface area (Å²) in [6.45, 7) is 2.32. The van der Waals surface area contributed by atoms with E-state index < -0.39 is 0 Å². The van der Waals surface area contributed by atoms with Gasteiger partial charge in [-0.25, -0.2) is 0 Å². The van der Waals surface area contributed by atoms with Gasteiger partial charge in [-0.1, -0.05) is 31.4 Å². The molecule has 3 rings (SSSR count). The summed E-state index contributed by atoms with van der Waals surface area (Å²) in [7, 11) is 0. The Kier molecular flexibility index (Phi) is 4.69. The fraction of sp³-hybridized carbons (Fsp3) is 0.579. The molecule has 0 atom stereocenters. The van der Waals surface area contributed by atoms with Crippen LogP contribution in [0.3, 0.4) is 0 Å². The zero-order valence-electron chi connectivity index (χ0n) is 13.9. The van der Waals surface area contributed by atoms with Crippen molar-refractivity contribution in [3.8, 4) is 0 Å². The maximum Gasteiger partial charge on any atom is 0.230 e. The van der Waals surface area contributed by atoms with Crippen LogP contribution in [0.15, 0.2) is 24.3 Å². The Labute approximate surface area is 138 Å². The van der Waals surface area contributed by atoms with Gasteiger partial charge in [0.2, 0.25) is 11.8 Å². The van der Waals surface area contributed by atoms with Crippen molar-refractivity contribution in [3.05, 3.63) is 29.8 Å². The summed E-state index contributed by atoms with van der Waals surface area (Å²) >= 11 is 0. The van der Waals surface area contributed by atoms with Crippen LogP contribution in [0.2, 0.25) is 0 Å². The third kappa shape index (κ3) is 3.74. The first kappa shape index (κ1) is 16.0. The molecule has 2 saturated carbocycles. The third-order valence-electron chi connectivity index (χ3n) is 5.22. The van der Waals surface area contributed by atoms with E-state index in [0.717, 1.165) is 30.6 Å². The van der Waals surface area contributed by atoms with Crippen LogP contribution < -0.4 is 10.6 Å². The highest BCUT2D eigenvalue weighted by Gasteiger charge is 2.51. The molecule has 124 valence electrons. The first-order valence-electron chi connectivity index (χ1n) is 8.77. The number of anilines is 1. The van der Waals surface area contributed by atoms with Crippen molar-refractivity contribution in [3.63, 3.8) is 0 Å². The average molecular weight is 314 g/mol. The summed E-state index contributed by atoms with van der Waals surface area (Å²) < 4.78 is 0. The summed E-state index contributed by atoms with van der Waals surface area (Å²) in [4.78, 5) is 23.7. The van der Waals surface area contributed by atoms with Gasteiger partial charge in [-0.2, -0.15) is 0 Å². The normalized spacial score (nSPS) is 19.9. The van der Waals surface area contributed by atoms with Crippen LogP contribution >= 0.6 is 0 Å². The van der Waals surface area contributed by atoms with Gasteiger partial charge in [-0.05, 0) is 49.3 Å². The van der Waals surface area contributed by atoms with Gasteiger partial charge in [0, 0.05) is 19.2 Å². The Morgan fingerprint density at radius 3 is 2.30 bits per heavy atom.